The number of β-amino-alcohol motifs (C(OH)–C–C–N with tert-alkyl or cyclic N) is 1. The highest BCUT2D eigenvalue weighted by molar-refractivity contribution is 5.73. The number of nitrogens with one attached hydrogen (secondary N) is 2. The molecule has 64 valence electrons. The minimum atomic E-state index is -0.437. The van der Waals surface area contributed by atoms with Crippen molar-refractivity contribution in [2.75, 3.05) is 13.1 Å². The second kappa shape index (κ2) is 3.69. The molecule has 0 bridgehead atoms. The van der Waals surface area contributed by atoms with Crippen LogP contribution in [0, 0.1) is 0 Å². The van der Waals surface area contributed by atoms with Crippen molar-refractivity contribution < 1.29 is 9.90 Å². The van der Waals surface area contributed by atoms with Gasteiger partial charge in [-0.15, -0.1) is 0 Å². The molecule has 1 heterocycles. The van der Waals surface area contributed by atoms with Crippen LogP contribution in [0.5, 0.6) is 0 Å². The maximum Gasteiger partial charge on any atom is 0.217 e. The van der Waals surface area contributed by atoms with Crippen LogP contribution >= 0.6 is 0 Å². The number of piperidine rings is 1. The van der Waals surface area contributed by atoms with Crippen LogP contribution in [-0.2, 0) is 4.79 Å². The lowest BCUT2D eigenvalue weighted by atomic mass is 10.0. The van der Waals surface area contributed by atoms with Gasteiger partial charge in [0.1, 0.15) is 0 Å². The maximum atomic E-state index is 10.6. The number of carbonyl (C=O) groups is 1. The zero-order valence-electron chi connectivity index (χ0n) is 6.63. The average Bonchev–Trinajstić information content (AvgIpc) is 1.93. The Balaban J connectivity index is 2.35. The SMILES string of the molecule is CC(=O)NC1CCNCC1O. The molecule has 0 radical (unpaired) electrons. The molecule has 11 heavy (non-hydrogen) atoms. The molecule has 1 aliphatic rings. The second-order valence-electron chi connectivity index (χ2n) is 2.87. The normalized spacial score (nSPS) is 31.5. The smallest absolute Gasteiger partial charge is 0.217 e. The Labute approximate surface area is 66.0 Å². The van der Waals surface area contributed by atoms with E-state index in [2.05, 4.69) is 10.6 Å². The summed E-state index contributed by atoms with van der Waals surface area (Å²) >= 11 is 0. The fraction of sp³-hybridized carbons (Fsp3) is 0.857. The van der Waals surface area contributed by atoms with E-state index in [1.165, 1.54) is 6.92 Å². The minimum Gasteiger partial charge on any atom is -0.390 e. The van der Waals surface area contributed by atoms with E-state index < -0.39 is 6.10 Å². The first-order valence-corrected chi connectivity index (χ1v) is 3.86. The number of carbonyl (C=O) groups excluding carboxylic acids is 1. The quantitative estimate of drug-likeness (QED) is 0.451. The van der Waals surface area contributed by atoms with Crippen molar-refractivity contribution in [3.05, 3.63) is 0 Å². The summed E-state index contributed by atoms with van der Waals surface area (Å²) in [4.78, 5) is 10.6. The minimum absolute atomic E-state index is 0.0613. The third-order valence-electron chi connectivity index (χ3n) is 1.84. The molecule has 1 saturated heterocycles. The summed E-state index contributed by atoms with van der Waals surface area (Å²) in [5, 5.41) is 15.1. The lowest BCUT2D eigenvalue weighted by Gasteiger charge is -2.28. The van der Waals surface area contributed by atoms with Crippen molar-refractivity contribution in [3.8, 4) is 0 Å². The summed E-state index contributed by atoms with van der Waals surface area (Å²) < 4.78 is 0. The van der Waals surface area contributed by atoms with Crippen molar-refractivity contribution in [3.63, 3.8) is 0 Å². The lowest BCUT2D eigenvalue weighted by Crippen LogP contribution is -2.52. The number of amides is 1. The third kappa shape index (κ3) is 2.48. The largest absolute Gasteiger partial charge is 0.390 e. The van der Waals surface area contributed by atoms with E-state index in [9.17, 15) is 9.90 Å². The molecule has 1 rings (SSSR count). The Morgan fingerprint density at radius 1 is 1.73 bits per heavy atom. The van der Waals surface area contributed by atoms with Crippen LogP contribution in [-0.4, -0.2) is 36.2 Å². The average molecular weight is 158 g/mol. The summed E-state index contributed by atoms with van der Waals surface area (Å²) in [6, 6.07) is -0.0613. The summed E-state index contributed by atoms with van der Waals surface area (Å²) in [6.45, 7) is 2.90. The topological polar surface area (TPSA) is 61.4 Å². The Hall–Kier alpha value is -0.610. The molecule has 0 aromatic rings. The van der Waals surface area contributed by atoms with Gasteiger partial charge in [-0.2, -0.15) is 0 Å². The van der Waals surface area contributed by atoms with E-state index in [4.69, 9.17) is 0 Å². The van der Waals surface area contributed by atoms with Gasteiger partial charge >= 0.3 is 0 Å². The van der Waals surface area contributed by atoms with Gasteiger partial charge in [-0.1, -0.05) is 0 Å². The Bertz CT molecular complexity index is 149. The van der Waals surface area contributed by atoms with Gasteiger partial charge < -0.3 is 15.7 Å². The predicted molar refractivity (Wildman–Crippen MR) is 41.1 cm³/mol. The molecule has 0 aromatic carbocycles. The molecule has 0 aromatic heterocycles. The van der Waals surface area contributed by atoms with E-state index in [0.29, 0.717) is 6.54 Å². The van der Waals surface area contributed by atoms with Crippen molar-refractivity contribution >= 4 is 5.91 Å². The van der Waals surface area contributed by atoms with E-state index >= 15 is 0 Å². The highest BCUT2D eigenvalue weighted by Crippen LogP contribution is 2.02. The van der Waals surface area contributed by atoms with Gasteiger partial charge in [0.15, 0.2) is 0 Å². The van der Waals surface area contributed by atoms with Crippen LogP contribution in [0.1, 0.15) is 13.3 Å². The Morgan fingerprint density at radius 3 is 3.00 bits per heavy atom. The van der Waals surface area contributed by atoms with E-state index in [1.54, 1.807) is 0 Å². The lowest BCUT2D eigenvalue weighted by molar-refractivity contribution is -0.120. The van der Waals surface area contributed by atoms with Gasteiger partial charge in [0.2, 0.25) is 5.91 Å². The Morgan fingerprint density at radius 2 is 2.45 bits per heavy atom. The molecule has 0 aliphatic carbocycles. The molecule has 2 unspecified atom stereocenters. The van der Waals surface area contributed by atoms with Gasteiger partial charge in [-0.05, 0) is 13.0 Å². The van der Waals surface area contributed by atoms with E-state index in [-0.39, 0.29) is 11.9 Å². The fourth-order valence-electron chi connectivity index (χ4n) is 1.27. The summed E-state index contributed by atoms with van der Waals surface area (Å²) in [5.41, 5.74) is 0. The molecule has 1 amide bonds. The Kier molecular flexibility index (Phi) is 2.84. The fourth-order valence-corrected chi connectivity index (χ4v) is 1.27. The van der Waals surface area contributed by atoms with Gasteiger partial charge in [-0.25, -0.2) is 0 Å². The van der Waals surface area contributed by atoms with Gasteiger partial charge in [0, 0.05) is 13.5 Å². The first-order valence-electron chi connectivity index (χ1n) is 3.86. The molecular formula is C7H14N2O2. The number of aliphatic hydroxyl groups is 1. The highest BCUT2D eigenvalue weighted by Gasteiger charge is 2.22. The van der Waals surface area contributed by atoms with Gasteiger partial charge in [0.25, 0.3) is 0 Å². The number of rotatable bonds is 1. The first kappa shape index (κ1) is 8.49. The molecule has 3 N–H and O–H groups in total. The van der Waals surface area contributed by atoms with Crippen LogP contribution in [0.15, 0.2) is 0 Å². The molecule has 4 nitrogen and oxygen atoms in total. The van der Waals surface area contributed by atoms with Crippen LogP contribution in [0.4, 0.5) is 0 Å². The van der Waals surface area contributed by atoms with Crippen LogP contribution < -0.4 is 10.6 Å². The first-order chi connectivity index (χ1) is 5.20. The summed E-state index contributed by atoms with van der Waals surface area (Å²) in [7, 11) is 0. The molecule has 0 spiro atoms. The van der Waals surface area contributed by atoms with Gasteiger partial charge in [0.05, 0.1) is 12.1 Å². The van der Waals surface area contributed by atoms with Crippen molar-refractivity contribution in [2.24, 2.45) is 0 Å². The number of aliphatic hydroxyl groups excluding tert-OH is 1. The molecule has 2 atom stereocenters. The van der Waals surface area contributed by atoms with Crippen LogP contribution in [0.3, 0.4) is 0 Å². The van der Waals surface area contributed by atoms with Crippen molar-refractivity contribution in [1.29, 1.82) is 0 Å². The monoisotopic (exact) mass is 158 g/mol. The molecule has 1 aliphatic heterocycles. The van der Waals surface area contributed by atoms with Crippen molar-refractivity contribution in [2.45, 2.75) is 25.5 Å². The summed E-state index contributed by atoms with van der Waals surface area (Å²) in [5.74, 6) is -0.0732. The zero-order valence-corrected chi connectivity index (χ0v) is 6.63. The third-order valence-corrected chi connectivity index (χ3v) is 1.84. The number of hydrogen-bond donors (Lipinski definition) is 3. The highest BCUT2D eigenvalue weighted by atomic mass is 16.3. The molecule has 0 saturated carbocycles. The molecule has 4 heteroatoms. The summed E-state index contributed by atoms with van der Waals surface area (Å²) in [6.07, 6.45) is 0.369. The zero-order chi connectivity index (χ0) is 8.27. The van der Waals surface area contributed by atoms with Crippen LogP contribution in [0.2, 0.25) is 0 Å². The standard InChI is InChI=1S/C7H14N2O2/c1-5(10)9-6-2-3-8-4-7(6)11/h6-8,11H,2-4H2,1H3,(H,9,10). The maximum absolute atomic E-state index is 10.6. The number of hydrogen-bond acceptors (Lipinski definition) is 3. The van der Waals surface area contributed by atoms with Crippen molar-refractivity contribution in [1.82, 2.24) is 10.6 Å². The van der Waals surface area contributed by atoms with Gasteiger partial charge in [-0.3, -0.25) is 4.79 Å². The van der Waals surface area contributed by atoms with E-state index in [0.717, 1.165) is 13.0 Å². The second-order valence-corrected chi connectivity index (χ2v) is 2.87. The molecular weight excluding hydrogens is 144 g/mol. The van der Waals surface area contributed by atoms with Crippen LogP contribution in [0.25, 0.3) is 0 Å². The van der Waals surface area contributed by atoms with E-state index in [1.807, 2.05) is 0 Å². The molecule has 1 fully saturated rings. The predicted octanol–water partition coefficient (Wildman–Crippen LogP) is -1.15.